The predicted molar refractivity (Wildman–Crippen MR) is 28.5 cm³/mol. The van der Waals surface area contributed by atoms with Crippen LogP contribution in [0.1, 0.15) is 6.92 Å². The first-order valence-corrected chi connectivity index (χ1v) is 2.17. The maximum absolute atomic E-state index is 9.78. The average molecular weight is 116 g/mol. The van der Waals surface area contributed by atoms with E-state index in [4.69, 9.17) is 10.2 Å². The van der Waals surface area contributed by atoms with Gasteiger partial charge in [-0.3, -0.25) is 4.79 Å². The number of rotatable bonds is 2. The number of hydrogen-bond donors (Lipinski definition) is 2. The Morgan fingerprint density at radius 1 is 1.75 bits per heavy atom. The Hall–Kier alpha value is -0.830. The van der Waals surface area contributed by atoms with E-state index in [0.717, 1.165) is 0 Å². The highest BCUT2D eigenvalue weighted by molar-refractivity contribution is 5.72. The second-order valence-corrected chi connectivity index (χ2v) is 1.41. The lowest BCUT2D eigenvalue weighted by atomic mass is 10.3. The Morgan fingerprint density at radius 3 is 2.38 bits per heavy atom. The van der Waals surface area contributed by atoms with E-state index in [9.17, 15) is 4.79 Å². The summed E-state index contributed by atoms with van der Waals surface area (Å²) < 4.78 is 0. The van der Waals surface area contributed by atoms with Gasteiger partial charge in [0.2, 0.25) is 0 Å². The molecule has 0 unspecified atom stereocenters. The highest BCUT2D eigenvalue weighted by Crippen LogP contribution is 1.93. The monoisotopic (exact) mass is 116 g/mol. The van der Waals surface area contributed by atoms with Crippen LogP contribution in [0.25, 0.3) is 0 Å². The molecular weight excluding hydrogens is 108 g/mol. The van der Waals surface area contributed by atoms with Gasteiger partial charge in [0.05, 0.1) is 0 Å². The third kappa shape index (κ3) is 1.75. The van der Waals surface area contributed by atoms with Crippen LogP contribution in [0, 0.1) is 0 Å². The molecule has 3 heteroatoms. The van der Waals surface area contributed by atoms with Gasteiger partial charge in [0.1, 0.15) is 18.7 Å². The molecule has 0 aromatic rings. The summed E-state index contributed by atoms with van der Waals surface area (Å²) in [6.45, 7) is 0.961. The largest absolute Gasteiger partial charge is 0.509 e. The molecule has 0 bridgehead atoms. The molecule has 0 amide bonds. The van der Waals surface area contributed by atoms with Crippen molar-refractivity contribution in [3.05, 3.63) is 11.3 Å². The topological polar surface area (TPSA) is 57.5 Å². The molecule has 46 valence electrons. The summed E-state index contributed by atoms with van der Waals surface area (Å²) in [5.74, 6) is -0.264. The summed E-state index contributed by atoms with van der Waals surface area (Å²) in [6, 6.07) is 0. The predicted octanol–water partition coefficient (Wildman–Crippen LogP) is 0.00960. The zero-order valence-electron chi connectivity index (χ0n) is 4.59. The standard InChI is InChI=1S/C5H8O3/c1-4(2-6)5(8)3-7/h2,7-8H,3H2,1H3. The fraction of sp³-hybridized carbons (Fsp3) is 0.400. The molecule has 2 N–H and O–H groups in total. The minimum absolute atomic E-state index is 0.174. The zero-order chi connectivity index (χ0) is 6.57. The maximum Gasteiger partial charge on any atom is 0.149 e. The van der Waals surface area contributed by atoms with E-state index in [2.05, 4.69) is 0 Å². The number of carbonyl (C=O) groups excluding carboxylic acids is 1. The second kappa shape index (κ2) is 3.21. The van der Waals surface area contributed by atoms with Gasteiger partial charge in [0.25, 0.3) is 0 Å². The van der Waals surface area contributed by atoms with Crippen LogP contribution in [0.2, 0.25) is 0 Å². The number of hydrogen-bond acceptors (Lipinski definition) is 3. The van der Waals surface area contributed by atoms with Crippen molar-refractivity contribution in [1.82, 2.24) is 0 Å². The van der Waals surface area contributed by atoms with E-state index in [0.29, 0.717) is 6.29 Å². The van der Waals surface area contributed by atoms with Crippen molar-refractivity contribution in [2.45, 2.75) is 6.92 Å². The van der Waals surface area contributed by atoms with Crippen LogP contribution in [-0.4, -0.2) is 23.1 Å². The first-order valence-electron chi connectivity index (χ1n) is 2.17. The number of aliphatic hydroxyl groups is 2. The molecule has 0 aliphatic rings. The normalized spacial score (nSPS) is 12.8. The van der Waals surface area contributed by atoms with Crippen molar-refractivity contribution in [3.63, 3.8) is 0 Å². The summed E-state index contributed by atoms with van der Waals surface area (Å²) in [6.07, 6.45) is 0.492. The van der Waals surface area contributed by atoms with Crippen molar-refractivity contribution in [2.24, 2.45) is 0 Å². The van der Waals surface area contributed by atoms with E-state index in [-0.39, 0.29) is 11.3 Å². The van der Waals surface area contributed by atoms with Crippen LogP contribution in [0.5, 0.6) is 0 Å². The van der Waals surface area contributed by atoms with Crippen molar-refractivity contribution < 1.29 is 15.0 Å². The smallest absolute Gasteiger partial charge is 0.149 e. The Morgan fingerprint density at radius 2 is 2.25 bits per heavy atom. The van der Waals surface area contributed by atoms with Crippen molar-refractivity contribution in [2.75, 3.05) is 6.61 Å². The SMILES string of the molecule is CC(C=O)=C(O)CO. The van der Waals surface area contributed by atoms with Gasteiger partial charge in [0.15, 0.2) is 0 Å². The first-order chi connectivity index (χ1) is 3.72. The number of aldehydes is 1. The number of carbonyl (C=O) groups is 1. The van der Waals surface area contributed by atoms with Gasteiger partial charge < -0.3 is 10.2 Å². The minimum atomic E-state index is -0.468. The van der Waals surface area contributed by atoms with Crippen molar-refractivity contribution in [3.8, 4) is 0 Å². The molecule has 0 atom stereocenters. The third-order valence-electron chi connectivity index (χ3n) is 0.782. The molecule has 0 spiro atoms. The first kappa shape index (κ1) is 7.17. The molecule has 0 aromatic carbocycles. The Bertz CT molecular complexity index is 115. The molecule has 0 saturated heterocycles. The lowest BCUT2D eigenvalue weighted by Gasteiger charge is -1.91. The van der Waals surface area contributed by atoms with Crippen LogP contribution < -0.4 is 0 Å². The average Bonchev–Trinajstić information content (AvgIpc) is 1.84. The Labute approximate surface area is 47.3 Å². The summed E-state index contributed by atoms with van der Waals surface area (Å²) >= 11 is 0. The zero-order valence-corrected chi connectivity index (χ0v) is 4.59. The molecule has 0 rings (SSSR count). The molecule has 0 fully saturated rings. The highest BCUT2D eigenvalue weighted by Gasteiger charge is 1.93. The summed E-state index contributed by atoms with van der Waals surface area (Å²) in [7, 11) is 0. The molecule has 8 heavy (non-hydrogen) atoms. The molecule has 3 nitrogen and oxygen atoms in total. The summed E-state index contributed by atoms with van der Waals surface area (Å²) in [4.78, 5) is 9.78. The van der Waals surface area contributed by atoms with Crippen LogP contribution in [0.15, 0.2) is 11.3 Å². The summed E-state index contributed by atoms with van der Waals surface area (Å²) in [5, 5.41) is 16.7. The van der Waals surface area contributed by atoms with Crippen molar-refractivity contribution in [1.29, 1.82) is 0 Å². The molecule has 0 aliphatic heterocycles. The lowest BCUT2D eigenvalue weighted by molar-refractivity contribution is -0.105. The lowest BCUT2D eigenvalue weighted by Crippen LogP contribution is -1.93. The van der Waals surface area contributed by atoms with Gasteiger partial charge in [-0.25, -0.2) is 0 Å². The van der Waals surface area contributed by atoms with Gasteiger partial charge in [-0.2, -0.15) is 0 Å². The van der Waals surface area contributed by atoms with Gasteiger partial charge in [0, 0.05) is 5.57 Å². The van der Waals surface area contributed by atoms with E-state index >= 15 is 0 Å². The second-order valence-electron chi connectivity index (χ2n) is 1.41. The Balaban J connectivity index is 4.03. The van der Waals surface area contributed by atoms with Crippen LogP contribution in [0.3, 0.4) is 0 Å². The molecule has 0 heterocycles. The van der Waals surface area contributed by atoms with E-state index in [1.807, 2.05) is 0 Å². The fourth-order valence-corrected chi connectivity index (χ4v) is 0.193. The third-order valence-corrected chi connectivity index (χ3v) is 0.782. The van der Waals surface area contributed by atoms with Crippen LogP contribution >= 0.6 is 0 Å². The number of allylic oxidation sites excluding steroid dienone is 1. The van der Waals surface area contributed by atoms with Gasteiger partial charge in [-0.05, 0) is 6.92 Å². The van der Waals surface area contributed by atoms with Gasteiger partial charge in [-0.1, -0.05) is 0 Å². The summed E-state index contributed by atoms with van der Waals surface area (Å²) in [5.41, 5.74) is 0.174. The number of aliphatic hydroxyl groups excluding tert-OH is 2. The fourth-order valence-electron chi connectivity index (χ4n) is 0.193. The molecule has 0 aromatic heterocycles. The van der Waals surface area contributed by atoms with E-state index in [1.165, 1.54) is 6.92 Å². The maximum atomic E-state index is 9.78. The van der Waals surface area contributed by atoms with Gasteiger partial charge >= 0.3 is 0 Å². The van der Waals surface area contributed by atoms with E-state index < -0.39 is 6.61 Å². The molecule has 0 saturated carbocycles. The minimum Gasteiger partial charge on any atom is -0.509 e. The van der Waals surface area contributed by atoms with E-state index in [1.54, 1.807) is 0 Å². The molecular formula is C5H8O3. The molecule has 0 aliphatic carbocycles. The van der Waals surface area contributed by atoms with Crippen molar-refractivity contribution >= 4 is 6.29 Å². The van der Waals surface area contributed by atoms with Gasteiger partial charge in [-0.15, -0.1) is 0 Å². The highest BCUT2D eigenvalue weighted by atomic mass is 16.3. The molecule has 0 radical (unpaired) electrons. The Kier molecular flexibility index (Phi) is 2.88. The van der Waals surface area contributed by atoms with Crippen LogP contribution in [0.4, 0.5) is 0 Å². The quantitative estimate of drug-likeness (QED) is 0.303. The van der Waals surface area contributed by atoms with Crippen LogP contribution in [-0.2, 0) is 4.79 Å².